The first-order chi connectivity index (χ1) is 12.3. The van der Waals surface area contributed by atoms with E-state index in [0.29, 0.717) is 18.5 Å². The summed E-state index contributed by atoms with van der Waals surface area (Å²) < 4.78 is 5.92. The Labute approximate surface area is 150 Å². The average Bonchev–Trinajstić information content (AvgIpc) is 3.15. The van der Waals surface area contributed by atoms with Crippen LogP contribution >= 0.6 is 0 Å². The van der Waals surface area contributed by atoms with Gasteiger partial charge in [-0.2, -0.15) is 0 Å². The number of rotatable bonds is 4. The number of fused-ring (bicyclic) bond motifs is 1. The number of nitrogens with zero attached hydrogens (tertiary/aromatic N) is 1. The van der Waals surface area contributed by atoms with Crippen LogP contribution in [0.3, 0.4) is 0 Å². The lowest BCUT2D eigenvalue weighted by molar-refractivity contribution is -0.0461. The van der Waals surface area contributed by atoms with Crippen LogP contribution in [-0.4, -0.2) is 49.2 Å². The van der Waals surface area contributed by atoms with Gasteiger partial charge in [0.1, 0.15) is 0 Å². The fraction of sp³-hybridized carbons (Fsp3) is 0.667. The monoisotopic (exact) mass is 342 g/mol. The van der Waals surface area contributed by atoms with Crippen LogP contribution < -0.4 is 5.32 Å². The van der Waals surface area contributed by atoms with Crippen LogP contribution in [0.1, 0.15) is 66.8 Å². The maximum absolute atomic E-state index is 12.4. The number of amides is 1. The summed E-state index contributed by atoms with van der Waals surface area (Å²) >= 11 is 0. The van der Waals surface area contributed by atoms with E-state index in [1.807, 2.05) is 12.1 Å². The molecule has 1 amide bonds. The molecule has 0 aromatic heterocycles. The third kappa shape index (κ3) is 4.06. The molecular formula is C21H30N2O2. The molecule has 1 N–H and O–H groups in total. The summed E-state index contributed by atoms with van der Waals surface area (Å²) in [7, 11) is 0. The standard InChI is InChI=1S/C21H30N2O2/c24-21(22-13-20-14-23-12-4-7-19(23)15-25-20)18-10-8-17(9-11-18)16-5-2-1-3-6-16/h8-11,16,19-20H,1-7,12-15H2,(H,22,24)/t19-,20+/m1/s1. The predicted octanol–water partition coefficient (Wildman–Crippen LogP) is 3.33. The van der Waals surface area contributed by atoms with E-state index in [1.54, 1.807) is 0 Å². The second-order valence-electron chi connectivity index (χ2n) is 7.91. The summed E-state index contributed by atoms with van der Waals surface area (Å²) in [6.07, 6.45) is 9.30. The van der Waals surface area contributed by atoms with Crippen molar-refractivity contribution < 1.29 is 9.53 Å². The van der Waals surface area contributed by atoms with E-state index in [2.05, 4.69) is 22.3 Å². The van der Waals surface area contributed by atoms with Crippen molar-refractivity contribution in [1.82, 2.24) is 10.2 Å². The fourth-order valence-corrected chi connectivity index (χ4v) is 4.66. The number of ether oxygens (including phenoxy) is 1. The van der Waals surface area contributed by atoms with Gasteiger partial charge in [0.2, 0.25) is 0 Å². The highest BCUT2D eigenvalue weighted by atomic mass is 16.5. The minimum Gasteiger partial charge on any atom is -0.373 e. The molecule has 2 heterocycles. The summed E-state index contributed by atoms with van der Waals surface area (Å²) in [5, 5.41) is 3.06. The third-order valence-electron chi connectivity index (χ3n) is 6.20. The summed E-state index contributed by atoms with van der Waals surface area (Å²) in [4.78, 5) is 14.9. The molecule has 136 valence electrons. The number of hydrogen-bond donors (Lipinski definition) is 1. The maximum atomic E-state index is 12.4. The van der Waals surface area contributed by atoms with Crippen LogP contribution in [0.15, 0.2) is 24.3 Å². The number of carbonyl (C=O) groups is 1. The van der Waals surface area contributed by atoms with E-state index in [1.165, 1.54) is 57.1 Å². The van der Waals surface area contributed by atoms with Gasteiger partial charge in [-0.25, -0.2) is 0 Å². The summed E-state index contributed by atoms with van der Waals surface area (Å²) in [6, 6.07) is 8.88. The summed E-state index contributed by atoms with van der Waals surface area (Å²) in [5.74, 6) is 0.706. The van der Waals surface area contributed by atoms with Crippen molar-refractivity contribution in [3.8, 4) is 0 Å². The molecule has 0 bridgehead atoms. The van der Waals surface area contributed by atoms with E-state index in [9.17, 15) is 4.79 Å². The molecule has 1 aromatic rings. The normalized spacial score (nSPS) is 27.8. The minimum atomic E-state index is 0.0161. The van der Waals surface area contributed by atoms with Crippen LogP contribution in [0, 0.1) is 0 Å². The van der Waals surface area contributed by atoms with Crippen molar-refractivity contribution in [2.75, 3.05) is 26.2 Å². The van der Waals surface area contributed by atoms with Crippen molar-refractivity contribution in [3.05, 3.63) is 35.4 Å². The van der Waals surface area contributed by atoms with Gasteiger partial charge in [0, 0.05) is 24.7 Å². The lowest BCUT2D eigenvalue weighted by Gasteiger charge is -2.35. The van der Waals surface area contributed by atoms with Crippen molar-refractivity contribution in [2.45, 2.75) is 63.0 Å². The molecule has 4 heteroatoms. The summed E-state index contributed by atoms with van der Waals surface area (Å²) in [5.41, 5.74) is 2.15. The first kappa shape index (κ1) is 17.0. The molecule has 0 radical (unpaired) electrons. The molecule has 2 atom stereocenters. The molecule has 3 aliphatic rings. The van der Waals surface area contributed by atoms with Crippen molar-refractivity contribution >= 4 is 5.91 Å². The van der Waals surface area contributed by atoms with Gasteiger partial charge in [-0.05, 0) is 55.8 Å². The SMILES string of the molecule is O=C(NC[C@H]1CN2CCC[C@@H]2CO1)c1ccc(C2CCCCC2)cc1. The Morgan fingerprint density at radius 1 is 1.08 bits per heavy atom. The number of hydrogen-bond acceptors (Lipinski definition) is 3. The van der Waals surface area contributed by atoms with Gasteiger partial charge in [0.25, 0.3) is 5.91 Å². The van der Waals surface area contributed by atoms with Crippen LogP contribution in [-0.2, 0) is 4.74 Å². The highest BCUT2D eigenvalue weighted by Gasteiger charge is 2.32. The Kier molecular flexibility index (Phi) is 5.37. The predicted molar refractivity (Wildman–Crippen MR) is 98.9 cm³/mol. The van der Waals surface area contributed by atoms with E-state index >= 15 is 0 Å². The third-order valence-corrected chi connectivity index (χ3v) is 6.20. The first-order valence-corrected chi connectivity index (χ1v) is 10.0. The van der Waals surface area contributed by atoms with Gasteiger partial charge >= 0.3 is 0 Å². The van der Waals surface area contributed by atoms with Gasteiger partial charge in [-0.15, -0.1) is 0 Å². The zero-order chi connectivity index (χ0) is 17.1. The van der Waals surface area contributed by atoms with E-state index in [-0.39, 0.29) is 12.0 Å². The Balaban J connectivity index is 1.27. The maximum Gasteiger partial charge on any atom is 0.251 e. The van der Waals surface area contributed by atoms with Gasteiger partial charge < -0.3 is 10.1 Å². The molecule has 2 saturated heterocycles. The van der Waals surface area contributed by atoms with Crippen LogP contribution in [0.2, 0.25) is 0 Å². The molecule has 25 heavy (non-hydrogen) atoms. The number of carbonyl (C=O) groups excluding carboxylic acids is 1. The topological polar surface area (TPSA) is 41.6 Å². The van der Waals surface area contributed by atoms with Crippen molar-refractivity contribution in [2.24, 2.45) is 0 Å². The van der Waals surface area contributed by atoms with Crippen LogP contribution in [0.5, 0.6) is 0 Å². The molecule has 1 saturated carbocycles. The van der Waals surface area contributed by atoms with E-state index in [4.69, 9.17) is 4.74 Å². The molecular weight excluding hydrogens is 312 g/mol. The molecule has 1 aromatic carbocycles. The molecule has 4 nitrogen and oxygen atoms in total. The van der Waals surface area contributed by atoms with Crippen molar-refractivity contribution in [3.63, 3.8) is 0 Å². The highest BCUT2D eigenvalue weighted by molar-refractivity contribution is 5.94. The first-order valence-electron chi connectivity index (χ1n) is 10.0. The largest absolute Gasteiger partial charge is 0.373 e. The molecule has 4 rings (SSSR count). The molecule has 3 fully saturated rings. The second kappa shape index (κ2) is 7.88. The molecule has 2 aliphatic heterocycles. The van der Waals surface area contributed by atoms with E-state index < -0.39 is 0 Å². The number of nitrogens with one attached hydrogen (secondary N) is 1. The molecule has 1 aliphatic carbocycles. The smallest absolute Gasteiger partial charge is 0.251 e. The lowest BCUT2D eigenvalue weighted by Crippen LogP contribution is -2.50. The zero-order valence-corrected chi connectivity index (χ0v) is 15.1. The van der Waals surface area contributed by atoms with Gasteiger partial charge in [-0.1, -0.05) is 31.4 Å². The van der Waals surface area contributed by atoms with Gasteiger partial charge in [0.15, 0.2) is 0 Å². The number of morpholine rings is 1. The van der Waals surface area contributed by atoms with Crippen LogP contribution in [0.4, 0.5) is 0 Å². The Morgan fingerprint density at radius 3 is 2.68 bits per heavy atom. The summed E-state index contributed by atoms with van der Waals surface area (Å²) in [6.45, 7) is 3.55. The highest BCUT2D eigenvalue weighted by Crippen LogP contribution is 2.32. The Hall–Kier alpha value is -1.39. The fourth-order valence-electron chi connectivity index (χ4n) is 4.66. The Bertz CT molecular complexity index is 580. The molecule has 0 spiro atoms. The Morgan fingerprint density at radius 2 is 1.88 bits per heavy atom. The van der Waals surface area contributed by atoms with Crippen LogP contribution in [0.25, 0.3) is 0 Å². The second-order valence-corrected chi connectivity index (χ2v) is 7.91. The zero-order valence-electron chi connectivity index (χ0n) is 15.1. The van der Waals surface area contributed by atoms with Gasteiger partial charge in [0.05, 0.1) is 12.7 Å². The molecule has 0 unspecified atom stereocenters. The van der Waals surface area contributed by atoms with Gasteiger partial charge in [-0.3, -0.25) is 9.69 Å². The lowest BCUT2D eigenvalue weighted by atomic mass is 9.84. The minimum absolute atomic E-state index is 0.0161. The average molecular weight is 342 g/mol. The van der Waals surface area contributed by atoms with Crippen molar-refractivity contribution in [1.29, 1.82) is 0 Å². The quantitative estimate of drug-likeness (QED) is 0.912. The number of benzene rings is 1. The van der Waals surface area contributed by atoms with E-state index in [0.717, 1.165) is 18.7 Å².